The fourth-order valence-corrected chi connectivity index (χ4v) is 3.81. The molecule has 0 saturated heterocycles. The Kier molecular flexibility index (Phi) is 26.3. The number of anilines is 1. The molecule has 1 aromatic heterocycles. The van der Waals surface area contributed by atoms with Gasteiger partial charge in [0.2, 0.25) is 0 Å². The molecule has 0 radical (unpaired) electrons. The summed E-state index contributed by atoms with van der Waals surface area (Å²) in [7, 11) is 3.61. The number of ether oxygens (including phenoxy) is 1. The number of halogens is 1. The van der Waals surface area contributed by atoms with Gasteiger partial charge in [-0.1, -0.05) is 138 Å². The largest absolute Gasteiger partial charge is 0.381 e. The number of rotatable bonds is 9. The molecule has 3 aromatic rings. The molecule has 0 aliphatic rings. The molecule has 4 nitrogen and oxygen atoms in total. The van der Waals surface area contributed by atoms with Crippen molar-refractivity contribution in [3.63, 3.8) is 0 Å². The van der Waals surface area contributed by atoms with E-state index in [-0.39, 0.29) is 5.92 Å². The van der Waals surface area contributed by atoms with Crippen LogP contribution in [0.25, 0.3) is 0 Å². The Balaban J connectivity index is 0. The summed E-state index contributed by atoms with van der Waals surface area (Å²) in [4.78, 5) is 4.55. The molecular formula is C35H56BrN3O. The first kappa shape index (κ1) is 39.5. The zero-order valence-electron chi connectivity index (χ0n) is 26.9. The maximum absolute atomic E-state index is 5.94. The third-order valence-electron chi connectivity index (χ3n) is 5.33. The fraction of sp³-hybridized carbons (Fsp3) is 0.457. The number of methoxy groups -OCH3 is 1. The molecule has 5 heteroatoms. The number of nitrogens with zero attached hydrogens (tertiary/aromatic N) is 2. The monoisotopic (exact) mass is 613 g/mol. The van der Waals surface area contributed by atoms with Crippen LogP contribution in [0.1, 0.15) is 91.0 Å². The van der Waals surface area contributed by atoms with E-state index in [9.17, 15) is 0 Å². The molecule has 1 heterocycles. The summed E-state index contributed by atoms with van der Waals surface area (Å²) in [5, 5.41) is 0. The topological polar surface area (TPSA) is 53.1 Å². The Labute approximate surface area is 254 Å². The highest BCUT2D eigenvalue weighted by atomic mass is 79.9. The summed E-state index contributed by atoms with van der Waals surface area (Å²) in [5.74, 6) is 0.676. The van der Waals surface area contributed by atoms with Crippen molar-refractivity contribution in [2.45, 2.75) is 87.0 Å². The third kappa shape index (κ3) is 17.1. The number of nitrogens with two attached hydrogens (primary N) is 1. The first-order valence-electron chi connectivity index (χ1n) is 14.8. The summed E-state index contributed by atoms with van der Waals surface area (Å²) < 4.78 is 8.05. The zero-order chi connectivity index (χ0) is 30.8. The minimum atomic E-state index is 0.146. The number of hydrogen-bond acceptors (Lipinski definition) is 3. The van der Waals surface area contributed by atoms with Crippen LogP contribution >= 0.6 is 15.9 Å². The lowest BCUT2D eigenvalue weighted by Gasteiger charge is -2.17. The Morgan fingerprint density at radius 3 is 2.00 bits per heavy atom. The number of imidazole rings is 1. The second kappa shape index (κ2) is 26.6. The molecule has 2 aromatic carbocycles. The molecule has 224 valence electrons. The van der Waals surface area contributed by atoms with Crippen LogP contribution in [0.2, 0.25) is 0 Å². The first-order chi connectivity index (χ1) is 19.4. The van der Waals surface area contributed by atoms with Crippen LogP contribution in [0, 0.1) is 0 Å². The van der Waals surface area contributed by atoms with Crippen LogP contribution in [0.5, 0.6) is 0 Å². The number of allylic oxidation sites excluding steroid dienone is 3. The predicted octanol–water partition coefficient (Wildman–Crippen LogP) is 10.3. The molecule has 0 amide bonds. The van der Waals surface area contributed by atoms with Gasteiger partial charge in [0, 0.05) is 30.7 Å². The number of nitrogen functional groups attached to an aromatic ring is 1. The van der Waals surface area contributed by atoms with Gasteiger partial charge < -0.3 is 15.0 Å². The van der Waals surface area contributed by atoms with Crippen molar-refractivity contribution in [3.8, 4) is 0 Å². The quantitative estimate of drug-likeness (QED) is 0.244. The molecule has 0 saturated carbocycles. The van der Waals surface area contributed by atoms with Gasteiger partial charge in [-0.15, -0.1) is 0 Å². The maximum Gasteiger partial charge on any atom is 0.200 e. The van der Waals surface area contributed by atoms with Crippen molar-refractivity contribution >= 4 is 21.9 Å². The first-order valence-corrected chi connectivity index (χ1v) is 15.6. The van der Waals surface area contributed by atoms with Gasteiger partial charge >= 0.3 is 0 Å². The summed E-state index contributed by atoms with van der Waals surface area (Å²) in [5.41, 5.74) is 10.8. The Morgan fingerprint density at radius 1 is 0.975 bits per heavy atom. The van der Waals surface area contributed by atoms with Crippen molar-refractivity contribution in [2.75, 3.05) is 19.5 Å². The number of aryl methyl sites for hydroxylation is 2. The molecule has 0 spiro atoms. The highest BCUT2D eigenvalue weighted by Gasteiger charge is 2.19. The van der Waals surface area contributed by atoms with Gasteiger partial charge in [0.25, 0.3) is 0 Å². The standard InChI is InChI=1S/C19H24BrN3O.C9H12.C3H8.2C2H6/c1-4-15(6-5-11-24-3)17(18-13-23(2)19(21)22-18)12-14-7-9-16(20)10-8-14;1-2-6-9-7-4-3-5-8-9;1-3-2;2*1-2/h4-10,13,17H,11-12H2,1-3H3,(H2,21,22);3-5,7-8H,2,6H2,1H3;3H2,1-2H3;2*1-2H3/b6-5-,15-4+;;;;. The van der Waals surface area contributed by atoms with Crippen LogP contribution < -0.4 is 5.73 Å². The maximum atomic E-state index is 5.94. The average molecular weight is 615 g/mol. The molecule has 40 heavy (non-hydrogen) atoms. The second-order valence-electron chi connectivity index (χ2n) is 8.61. The van der Waals surface area contributed by atoms with E-state index in [0.29, 0.717) is 12.6 Å². The van der Waals surface area contributed by atoms with E-state index in [1.165, 1.54) is 36.0 Å². The summed E-state index contributed by atoms with van der Waals surface area (Å²) in [6.07, 6.45) is 12.8. The molecule has 3 rings (SSSR count). The predicted molar refractivity (Wildman–Crippen MR) is 182 cm³/mol. The number of benzene rings is 2. The minimum absolute atomic E-state index is 0.146. The SMILES string of the molecule is C/C=C(\C=C/COC)C(Cc1ccc(Br)cc1)c1cn(C)c(N)n1.CC.CC.CCC.CCCc1ccccc1. The summed E-state index contributed by atoms with van der Waals surface area (Å²) >= 11 is 3.49. The molecular weight excluding hydrogens is 558 g/mol. The van der Waals surface area contributed by atoms with Crippen molar-refractivity contribution in [1.82, 2.24) is 9.55 Å². The van der Waals surface area contributed by atoms with Gasteiger partial charge in [-0.2, -0.15) is 0 Å². The molecule has 0 fully saturated rings. The Hall–Kier alpha value is -2.63. The van der Waals surface area contributed by atoms with Crippen molar-refractivity contribution < 1.29 is 4.74 Å². The van der Waals surface area contributed by atoms with Crippen molar-refractivity contribution in [1.29, 1.82) is 0 Å². The van der Waals surface area contributed by atoms with E-state index in [2.05, 4.69) is 108 Å². The average Bonchev–Trinajstić information content (AvgIpc) is 3.32. The smallest absolute Gasteiger partial charge is 0.200 e. The molecule has 1 unspecified atom stereocenters. The van der Waals surface area contributed by atoms with Crippen LogP contribution in [0.4, 0.5) is 5.95 Å². The van der Waals surface area contributed by atoms with Crippen molar-refractivity contribution in [3.05, 3.63) is 106 Å². The van der Waals surface area contributed by atoms with E-state index in [0.717, 1.165) is 16.6 Å². The minimum Gasteiger partial charge on any atom is -0.381 e. The highest BCUT2D eigenvalue weighted by molar-refractivity contribution is 9.10. The molecule has 0 aliphatic heterocycles. The van der Waals surface area contributed by atoms with Gasteiger partial charge in [-0.3, -0.25) is 0 Å². The lowest BCUT2D eigenvalue weighted by atomic mass is 9.88. The van der Waals surface area contributed by atoms with Gasteiger partial charge in [-0.25, -0.2) is 4.98 Å². The normalized spacial score (nSPS) is 11.0. The highest BCUT2D eigenvalue weighted by Crippen LogP contribution is 2.30. The summed E-state index contributed by atoms with van der Waals surface area (Å²) in [6, 6.07) is 19.0. The van der Waals surface area contributed by atoms with E-state index in [1.54, 1.807) is 7.11 Å². The van der Waals surface area contributed by atoms with Crippen molar-refractivity contribution in [2.24, 2.45) is 7.05 Å². The number of aromatic nitrogens is 2. The third-order valence-corrected chi connectivity index (χ3v) is 5.86. The van der Waals surface area contributed by atoms with Gasteiger partial charge in [-0.05, 0) is 48.6 Å². The van der Waals surface area contributed by atoms with Gasteiger partial charge in [0.05, 0.1) is 12.3 Å². The van der Waals surface area contributed by atoms with Gasteiger partial charge in [0.1, 0.15) is 0 Å². The van der Waals surface area contributed by atoms with E-state index < -0.39 is 0 Å². The fourth-order valence-electron chi connectivity index (χ4n) is 3.55. The summed E-state index contributed by atoms with van der Waals surface area (Å²) in [6.45, 7) is 17.1. The van der Waals surface area contributed by atoms with Crippen LogP contribution in [-0.4, -0.2) is 23.3 Å². The van der Waals surface area contributed by atoms with E-state index in [4.69, 9.17) is 10.5 Å². The Bertz CT molecular complexity index is 1010. The molecule has 1 atom stereocenters. The van der Waals surface area contributed by atoms with Gasteiger partial charge in [0.15, 0.2) is 5.95 Å². The molecule has 0 aliphatic carbocycles. The molecule has 2 N–H and O–H groups in total. The Morgan fingerprint density at radius 2 is 1.55 bits per heavy atom. The van der Waals surface area contributed by atoms with Crippen LogP contribution in [-0.2, 0) is 24.6 Å². The second-order valence-corrected chi connectivity index (χ2v) is 9.52. The lowest BCUT2D eigenvalue weighted by Crippen LogP contribution is -2.06. The van der Waals surface area contributed by atoms with E-state index >= 15 is 0 Å². The number of hydrogen-bond donors (Lipinski definition) is 1. The zero-order valence-corrected chi connectivity index (χ0v) is 28.5. The lowest BCUT2D eigenvalue weighted by molar-refractivity contribution is 0.234. The van der Waals surface area contributed by atoms with E-state index in [1.807, 2.05) is 58.5 Å². The van der Waals surface area contributed by atoms with Crippen LogP contribution in [0.3, 0.4) is 0 Å². The molecule has 0 bridgehead atoms. The van der Waals surface area contributed by atoms with Crippen LogP contribution in [0.15, 0.2) is 89.1 Å².